The number of aliphatic carboxylic acids is 1. The lowest BCUT2D eigenvalue weighted by Gasteiger charge is -2.35. The first-order valence-corrected chi connectivity index (χ1v) is 7.78. The van der Waals surface area contributed by atoms with Gasteiger partial charge in [0, 0.05) is 0 Å². The minimum atomic E-state index is -0.562. The predicted molar refractivity (Wildman–Crippen MR) is 77.8 cm³/mol. The van der Waals surface area contributed by atoms with Gasteiger partial charge >= 0.3 is 5.97 Å². The van der Waals surface area contributed by atoms with Crippen molar-refractivity contribution in [2.75, 3.05) is 0 Å². The number of carboxylic acid groups (broad SMARTS) is 1. The molecule has 2 heteroatoms. The second-order valence-electron chi connectivity index (χ2n) is 5.71. The van der Waals surface area contributed by atoms with Gasteiger partial charge in [0.05, 0.1) is 5.41 Å². The van der Waals surface area contributed by atoms with Crippen LogP contribution in [0.1, 0.15) is 85.5 Å². The second-order valence-corrected chi connectivity index (χ2v) is 5.71. The zero-order valence-corrected chi connectivity index (χ0v) is 12.8. The van der Waals surface area contributed by atoms with E-state index in [0.29, 0.717) is 5.92 Å². The highest BCUT2D eigenvalue weighted by Gasteiger charge is 2.41. The highest BCUT2D eigenvalue weighted by molar-refractivity contribution is 5.75. The minimum Gasteiger partial charge on any atom is -0.481 e. The van der Waals surface area contributed by atoms with E-state index in [4.69, 9.17) is 0 Å². The zero-order valence-electron chi connectivity index (χ0n) is 12.8. The predicted octanol–water partition coefficient (Wildman–Crippen LogP) is 5.26. The smallest absolute Gasteiger partial charge is 0.309 e. The summed E-state index contributed by atoms with van der Waals surface area (Å²) in [6, 6.07) is 0. The Morgan fingerprint density at radius 2 is 1.44 bits per heavy atom. The van der Waals surface area contributed by atoms with Crippen LogP contribution in [0.25, 0.3) is 0 Å². The molecule has 0 aliphatic heterocycles. The Kier molecular flexibility index (Phi) is 9.13. The maximum atomic E-state index is 11.8. The molecule has 0 radical (unpaired) electrons. The van der Waals surface area contributed by atoms with Gasteiger partial charge in [-0.3, -0.25) is 4.79 Å². The summed E-state index contributed by atoms with van der Waals surface area (Å²) in [5.74, 6) is -0.263. The molecule has 0 fully saturated rings. The standard InChI is InChI=1S/C16H32O2/c1-5-8-11-14(4)16(15(17)18,12-9-6-2)13-10-7-3/h14H,5-13H2,1-4H3,(H,17,18). The first kappa shape index (κ1) is 17.5. The van der Waals surface area contributed by atoms with Crippen LogP contribution in [0.2, 0.25) is 0 Å². The third kappa shape index (κ3) is 4.99. The van der Waals surface area contributed by atoms with Crippen LogP contribution in [0.15, 0.2) is 0 Å². The highest BCUT2D eigenvalue weighted by Crippen LogP contribution is 2.41. The van der Waals surface area contributed by atoms with Gasteiger partial charge in [-0.2, -0.15) is 0 Å². The molecule has 0 aromatic heterocycles. The molecular formula is C16H32O2. The van der Waals surface area contributed by atoms with E-state index < -0.39 is 11.4 Å². The van der Waals surface area contributed by atoms with Gasteiger partial charge in [-0.1, -0.05) is 66.2 Å². The van der Waals surface area contributed by atoms with Gasteiger partial charge < -0.3 is 5.11 Å². The summed E-state index contributed by atoms with van der Waals surface area (Å²) in [6.45, 7) is 8.61. The summed E-state index contributed by atoms with van der Waals surface area (Å²) in [5, 5.41) is 9.75. The molecule has 0 aliphatic carbocycles. The molecule has 0 aliphatic rings. The molecule has 0 aromatic rings. The van der Waals surface area contributed by atoms with Gasteiger partial charge in [0.2, 0.25) is 0 Å². The summed E-state index contributed by atoms with van der Waals surface area (Å²) >= 11 is 0. The van der Waals surface area contributed by atoms with Crippen LogP contribution in [0.5, 0.6) is 0 Å². The Morgan fingerprint density at radius 3 is 1.78 bits per heavy atom. The molecule has 0 rings (SSSR count). The van der Waals surface area contributed by atoms with Crippen molar-refractivity contribution in [3.63, 3.8) is 0 Å². The Bertz CT molecular complexity index is 215. The van der Waals surface area contributed by atoms with Crippen LogP contribution < -0.4 is 0 Å². The third-order valence-electron chi connectivity index (χ3n) is 4.31. The van der Waals surface area contributed by atoms with Crippen molar-refractivity contribution in [1.82, 2.24) is 0 Å². The average molecular weight is 256 g/mol. The number of hydrogen-bond donors (Lipinski definition) is 1. The average Bonchev–Trinajstić information content (AvgIpc) is 2.36. The topological polar surface area (TPSA) is 37.3 Å². The van der Waals surface area contributed by atoms with Crippen molar-refractivity contribution in [3.05, 3.63) is 0 Å². The van der Waals surface area contributed by atoms with Gasteiger partial charge in [0.1, 0.15) is 0 Å². The van der Waals surface area contributed by atoms with Crippen molar-refractivity contribution in [2.24, 2.45) is 11.3 Å². The molecule has 108 valence electrons. The zero-order chi connectivity index (χ0) is 14.0. The number of hydrogen-bond acceptors (Lipinski definition) is 1. The summed E-state index contributed by atoms with van der Waals surface area (Å²) < 4.78 is 0. The largest absolute Gasteiger partial charge is 0.481 e. The highest BCUT2D eigenvalue weighted by atomic mass is 16.4. The summed E-state index contributed by atoms with van der Waals surface area (Å²) in [6.07, 6.45) is 9.29. The first-order chi connectivity index (χ1) is 8.55. The molecule has 1 unspecified atom stereocenters. The molecule has 18 heavy (non-hydrogen) atoms. The van der Waals surface area contributed by atoms with Crippen LogP contribution >= 0.6 is 0 Å². The first-order valence-electron chi connectivity index (χ1n) is 7.78. The molecule has 2 nitrogen and oxygen atoms in total. The Balaban J connectivity index is 4.85. The minimum absolute atomic E-state index is 0.299. The summed E-state index contributed by atoms with van der Waals surface area (Å²) in [5.41, 5.74) is -0.471. The van der Waals surface area contributed by atoms with E-state index in [-0.39, 0.29) is 0 Å². The van der Waals surface area contributed by atoms with Gasteiger partial charge in [-0.15, -0.1) is 0 Å². The van der Waals surface area contributed by atoms with Gasteiger partial charge in [0.25, 0.3) is 0 Å². The lowest BCUT2D eigenvalue weighted by atomic mass is 9.68. The summed E-state index contributed by atoms with van der Waals surface area (Å²) in [4.78, 5) is 11.8. The molecule has 0 heterocycles. The Labute approximate surface area is 113 Å². The third-order valence-corrected chi connectivity index (χ3v) is 4.31. The normalized spacial score (nSPS) is 13.6. The number of rotatable bonds is 11. The maximum Gasteiger partial charge on any atom is 0.309 e. The maximum absolute atomic E-state index is 11.8. The van der Waals surface area contributed by atoms with E-state index in [2.05, 4.69) is 27.7 Å². The van der Waals surface area contributed by atoms with Crippen LogP contribution in [-0.2, 0) is 4.79 Å². The molecule has 1 atom stereocenters. The number of unbranched alkanes of at least 4 members (excludes halogenated alkanes) is 3. The van der Waals surface area contributed by atoms with E-state index in [1.807, 2.05) is 0 Å². The fourth-order valence-electron chi connectivity index (χ4n) is 2.81. The number of carboxylic acids is 1. The lowest BCUT2D eigenvalue weighted by molar-refractivity contribution is -0.154. The van der Waals surface area contributed by atoms with E-state index in [0.717, 1.165) is 57.8 Å². The Hall–Kier alpha value is -0.530. The van der Waals surface area contributed by atoms with Crippen molar-refractivity contribution in [2.45, 2.75) is 85.5 Å². The van der Waals surface area contributed by atoms with E-state index in [9.17, 15) is 9.90 Å². The van der Waals surface area contributed by atoms with Crippen LogP contribution in [0.3, 0.4) is 0 Å². The van der Waals surface area contributed by atoms with Crippen molar-refractivity contribution >= 4 is 5.97 Å². The van der Waals surface area contributed by atoms with Crippen LogP contribution in [-0.4, -0.2) is 11.1 Å². The summed E-state index contributed by atoms with van der Waals surface area (Å²) in [7, 11) is 0. The van der Waals surface area contributed by atoms with E-state index in [1.54, 1.807) is 0 Å². The fourth-order valence-corrected chi connectivity index (χ4v) is 2.81. The van der Waals surface area contributed by atoms with Crippen molar-refractivity contribution < 1.29 is 9.90 Å². The number of carbonyl (C=O) groups is 1. The van der Waals surface area contributed by atoms with E-state index in [1.165, 1.54) is 0 Å². The van der Waals surface area contributed by atoms with Crippen LogP contribution in [0.4, 0.5) is 0 Å². The quantitative estimate of drug-likeness (QED) is 0.547. The van der Waals surface area contributed by atoms with Crippen LogP contribution in [0, 0.1) is 11.3 Å². The van der Waals surface area contributed by atoms with Gasteiger partial charge in [-0.25, -0.2) is 0 Å². The molecule has 0 saturated heterocycles. The molecular weight excluding hydrogens is 224 g/mol. The van der Waals surface area contributed by atoms with Crippen molar-refractivity contribution in [1.29, 1.82) is 0 Å². The molecule has 0 saturated carbocycles. The fraction of sp³-hybridized carbons (Fsp3) is 0.938. The molecule has 0 amide bonds. The Morgan fingerprint density at radius 1 is 1.00 bits per heavy atom. The van der Waals surface area contributed by atoms with E-state index >= 15 is 0 Å². The molecule has 0 aromatic carbocycles. The molecule has 1 N–H and O–H groups in total. The van der Waals surface area contributed by atoms with Gasteiger partial charge in [-0.05, 0) is 25.2 Å². The van der Waals surface area contributed by atoms with Crippen molar-refractivity contribution in [3.8, 4) is 0 Å². The lowest BCUT2D eigenvalue weighted by Crippen LogP contribution is -2.37. The van der Waals surface area contributed by atoms with Gasteiger partial charge in [0.15, 0.2) is 0 Å². The molecule has 0 spiro atoms. The second kappa shape index (κ2) is 9.41. The monoisotopic (exact) mass is 256 g/mol. The SMILES string of the molecule is CCCCC(C)C(CCCC)(CCCC)C(=O)O. The molecule has 0 bridgehead atoms.